The Bertz CT molecular complexity index is 576. The summed E-state index contributed by atoms with van der Waals surface area (Å²) in [4.78, 5) is 11.0. The second-order valence-electron chi connectivity index (χ2n) is 4.23. The van der Waals surface area contributed by atoms with Gasteiger partial charge in [-0.1, -0.05) is 37.3 Å². The van der Waals surface area contributed by atoms with Crippen LogP contribution in [0.3, 0.4) is 0 Å². The number of para-hydroxylation sites is 1. The Morgan fingerprint density at radius 3 is 2.68 bits per heavy atom. The highest BCUT2D eigenvalue weighted by Crippen LogP contribution is 2.30. The number of hydrogen-bond acceptors (Lipinski definition) is 2. The SMILES string of the molecule is CCCOc1ccccc1-c1cccc(C(=O)O)c1. The van der Waals surface area contributed by atoms with Gasteiger partial charge in [0.25, 0.3) is 0 Å². The summed E-state index contributed by atoms with van der Waals surface area (Å²) < 4.78 is 5.69. The molecule has 2 rings (SSSR count). The molecule has 0 saturated heterocycles. The molecule has 0 radical (unpaired) electrons. The second kappa shape index (κ2) is 6.05. The lowest BCUT2D eigenvalue weighted by molar-refractivity contribution is 0.0697. The van der Waals surface area contributed by atoms with Crippen molar-refractivity contribution in [1.29, 1.82) is 0 Å². The van der Waals surface area contributed by atoms with Crippen LogP contribution in [-0.4, -0.2) is 17.7 Å². The summed E-state index contributed by atoms with van der Waals surface area (Å²) in [5.74, 6) is -0.138. The number of aromatic carboxylic acids is 1. The minimum atomic E-state index is -0.922. The standard InChI is InChI=1S/C16H16O3/c1-2-10-19-15-9-4-3-8-14(15)12-6-5-7-13(11-12)16(17)18/h3-9,11H,2,10H2,1H3,(H,17,18). The molecule has 0 atom stereocenters. The zero-order chi connectivity index (χ0) is 13.7. The van der Waals surface area contributed by atoms with Crippen LogP contribution in [0.25, 0.3) is 11.1 Å². The van der Waals surface area contributed by atoms with Crippen molar-refractivity contribution in [2.45, 2.75) is 13.3 Å². The highest BCUT2D eigenvalue weighted by atomic mass is 16.5. The summed E-state index contributed by atoms with van der Waals surface area (Å²) in [6.45, 7) is 2.70. The second-order valence-corrected chi connectivity index (χ2v) is 4.23. The minimum absolute atomic E-state index is 0.280. The number of ether oxygens (including phenoxy) is 1. The van der Waals surface area contributed by atoms with Crippen LogP contribution in [0, 0.1) is 0 Å². The van der Waals surface area contributed by atoms with Crippen LogP contribution in [-0.2, 0) is 0 Å². The summed E-state index contributed by atoms with van der Waals surface area (Å²) >= 11 is 0. The normalized spacial score (nSPS) is 10.2. The van der Waals surface area contributed by atoms with Crippen LogP contribution in [0.2, 0.25) is 0 Å². The van der Waals surface area contributed by atoms with E-state index in [9.17, 15) is 4.79 Å². The molecule has 0 aliphatic heterocycles. The number of carbonyl (C=O) groups is 1. The van der Waals surface area contributed by atoms with Crippen LogP contribution in [0.1, 0.15) is 23.7 Å². The molecule has 0 unspecified atom stereocenters. The van der Waals surface area contributed by atoms with E-state index in [0.717, 1.165) is 23.3 Å². The molecule has 2 aromatic rings. The molecular weight excluding hydrogens is 240 g/mol. The Kier molecular flexibility index (Phi) is 4.18. The Hall–Kier alpha value is -2.29. The highest BCUT2D eigenvalue weighted by Gasteiger charge is 2.08. The number of carboxylic acid groups (broad SMARTS) is 1. The molecule has 1 N–H and O–H groups in total. The largest absolute Gasteiger partial charge is 0.493 e. The van der Waals surface area contributed by atoms with Gasteiger partial charge >= 0.3 is 5.97 Å². The summed E-state index contributed by atoms with van der Waals surface area (Å²) in [5.41, 5.74) is 2.05. The Morgan fingerprint density at radius 1 is 1.16 bits per heavy atom. The molecule has 19 heavy (non-hydrogen) atoms. The van der Waals surface area contributed by atoms with E-state index in [2.05, 4.69) is 0 Å². The minimum Gasteiger partial charge on any atom is -0.493 e. The van der Waals surface area contributed by atoms with Crippen LogP contribution in [0.15, 0.2) is 48.5 Å². The molecule has 3 heteroatoms. The van der Waals surface area contributed by atoms with Crippen molar-refractivity contribution < 1.29 is 14.6 Å². The van der Waals surface area contributed by atoms with E-state index < -0.39 is 5.97 Å². The van der Waals surface area contributed by atoms with Gasteiger partial charge < -0.3 is 9.84 Å². The predicted octanol–water partition coefficient (Wildman–Crippen LogP) is 3.84. The third-order valence-electron chi connectivity index (χ3n) is 2.77. The fourth-order valence-electron chi connectivity index (χ4n) is 1.86. The monoisotopic (exact) mass is 256 g/mol. The molecule has 0 heterocycles. The lowest BCUT2D eigenvalue weighted by atomic mass is 10.0. The zero-order valence-corrected chi connectivity index (χ0v) is 10.8. The van der Waals surface area contributed by atoms with Crippen LogP contribution >= 0.6 is 0 Å². The lowest BCUT2D eigenvalue weighted by Crippen LogP contribution is -1.98. The van der Waals surface area contributed by atoms with Gasteiger partial charge in [0, 0.05) is 5.56 Å². The number of benzene rings is 2. The Labute approximate surface area is 112 Å². The molecule has 0 bridgehead atoms. The van der Waals surface area contributed by atoms with E-state index in [1.807, 2.05) is 37.3 Å². The number of hydrogen-bond donors (Lipinski definition) is 1. The van der Waals surface area contributed by atoms with Crippen molar-refractivity contribution in [2.75, 3.05) is 6.61 Å². The molecule has 0 amide bonds. The van der Waals surface area contributed by atoms with Gasteiger partial charge in [-0.05, 0) is 30.2 Å². The van der Waals surface area contributed by atoms with Gasteiger partial charge in [0.15, 0.2) is 0 Å². The highest BCUT2D eigenvalue weighted by molar-refractivity contribution is 5.89. The van der Waals surface area contributed by atoms with Crippen LogP contribution in [0.5, 0.6) is 5.75 Å². The molecule has 3 nitrogen and oxygen atoms in total. The van der Waals surface area contributed by atoms with Crippen molar-refractivity contribution in [3.05, 3.63) is 54.1 Å². The maximum atomic E-state index is 11.0. The van der Waals surface area contributed by atoms with Gasteiger partial charge in [-0.3, -0.25) is 0 Å². The van der Waals surface area contributed by atoms with E-state index in [1.54, 1.807) is 18.2 Å². The third kappa shape index (κ3) is 3.13. The van der Waals surface area contributed by atoms with Crippen molar-refractivity contribution in [1.82, 2.24) is 0 Å². The quantitative estimate of drug-likeness (QED) is 0.884. The maximum absolute atomic E-state index is 11.0. The lowest BCUT2D eigenvalue weighted by Gasteiger charge is -2.11. The van der Waals surface area contributed by atoms with Crippen LogP contribution in [0.4, 0.5) is 0 Å². The van der Waals surface area contributed by atoms with Gasteiger partial charge in [0.1, 0.15) is 5.75 Å². The first-order chi connectivity index (χ1) is 9.22. The van der Waals surface area contributed by atoms with E-state index in [1.165, 1.54) is 0 Å². The first-order valence-electron chi connectivity index (χ1n) is 6.28. The van der Waals surface area contributed by atoms with Crippen molar-refractivity contribution in [3.8, 4) is 16.9 Å². The molecule has 0 spiro atoms. The van der Waals surface area contributed by atoms with E-state index in [4.69, 9.17) is 9.84 Å². The average molecular weight is 256 g/mol. The number of rotatable bonds is 5. The summed E-state index contributed by atoms with van der Waals surface area (Å²) in [6, 6.07) is 14.6. The zero-order valence-electron chi connectivity index (χ0n) is 10.8. The van der Waals surface area contributed by atoms with E-state index in [-0.39, 0.29) is 5.56 Å². The molecule has 0 aromatic heterocycles. The van der Waals surface area contributed by atoms with Gasteiger partial charge in [-0.25, -0.2) is 4.79 Å². The van der Waals surface area contributed by atoms with Crippen molar-refractivity contribution in [2.24, 2.45) is 0 Å². The smallest absolute Gasteiger partial charge is 0.335 e. The summed E-state index contributed by atoms with van der Waals surface area (Å²) in [5, 5.41) is 9.04. The first-order valence-corrected chi connectivity index (χ1v) is 6.28. The molecule has 0 fully saturated rings. The van der Waals surface area contributed by atoms with Crippen molar-refractivity contribution in [3.63, 3.8) is 0 Å². The summed E-state index contributed by atoms with van der Waals surface area (Å²) in [7, 11) is 0. The molecule has 0 saturated carbocycles. The molecule has 0 aliphatic carbocycles. The fraction of sp³-hybridized carbons (Fsp3) is 0.188. The first kappa shape index (κ1) is 13.1. The molecule has 98 valence electrons. The molecule has 0 aliphatic rings. The van der Waals surface area contributed by atoms with Gasteiger partial charge in [-0.2, -0.15) is 0 Å². The van der Waals surface area contributed by atoms with Gasteiger partial charge in [0.2, 0.25) is 0 Å². The number of carboxylic acids is 1. The Morgan fingerprint density at radius 2 is 1.95 bits per heavy atom. The maximum Gasteiger partial charge on any atom is 0.335 e. The summed E-state index contributed by atoms with van der Waals surface area (Å²) in [6.07, 6.45) is 0.934. The van der Waals surface area contributed by atoms with Crippen LogP contribution < -0.4 is 4.74 Å². The Balaban J connectivity index is 2.40. The van der Waals surface area contributed by atoms with Gasteiger partial charge in [0.05, 0.1) is 12.2 Å². The van der Waals surface area contributed by atoms with E-state index >= 15 is 0 Å². The fourth-order valence-corrected chi connectivity index (χ4v) is 1.86. The predicted molar refractivity (Wildman–Crippen MR) is 74.6 cm³/mol. The molecule has 2 aromatic carbocycles. The third-order valence-corrected chi connectivity index (χ3v) is 2.77. The van der Waals surface area contributed by atoms with Gasteiger partial charge in [-0.15, -0.1) is 0 Å². The average Bonchev–Trinajstić information content (AvgIpc) is 2.45. The van der Waals surface area contributed by atoms with E-state index in [0.29, 0.717) is 6.61 Å². The van der Waals surface area contributed by atoms with Crippen molar-refractivity contribution >= 4 is 5.97 Å². The topological polar surface area (TPSA) is 46.5 Å². The molecular formula is C16H16O3.